The Morgan fingerprint density at radius 1 is 1.53 bits per heavy atom. The summed E-state index contributed by atoms with van der Waals surface area (Å²) in [6.45, 7) is 1.99. The van der Waals surface area contributed by atoms with Gasteiger partial charge in [-0.1, -0.05) is 0 Å². The fourth-order valence-electron chi connectivity index (χ4n) is 1.45. The number of hydrogen-bond donors (Lipinski definition) is 2. The Morgan fingerprint density at radius 2 is 2.20 bits per heavy atom. The first-order valence-corrected chi connectivity index (χ1v) is 6.45. The van der Waals surface area contributed by atoms with Crippen molar-refractivity contribution in [3.63, 3.8) is 0 Å². The van der Waals surface area contributed by atoms with Crippen LogP contribution in [0.3, 0.4) is 0 Å². The van der Waals surface area contributed by atoms with E-state index in [0.29, 0.717) is 0 Å². The van der Waals surface area contributed by atoms with Crippen molar-refractivity contribution in [1.29, 1.82) is 0 Å². The molecule has 15 heavy (non-hydrogen) atoms. The highest BCUT2D eigenvalue weighted by atomic mass is 32.2. The summed E-state index contributed by atoms with van der Waals surface area (Å²) in [4.78, 5) is 2.11. The minimum absolute atomic E-state index is 0.138. The highest BCUT2D eigenvalue weighted by Gasteiger charge is 2.09. The van der Waals surface area contributed by atoms with Crippen molar-refractivity contribution in [2.75, 3.05) is 13.4 Å². The summed E-state index contributed by atoms with van der Waals surface area (Å²) in [5, 5.41) is 0. The first-order valence-electron chi connectivity index (χ1n) is 4.78. The van der Waals surface area contributed by atoms with E-state index in [1.165, 1.54) is 0 Å². The number of thiol groups is 1. The Hall–Kier alpha value is -0.320. The summed E-state index contributed by atoms with van der Waals surface area (Å²) in [7, 11) is 1.67. The highest BCUT2D eigenvalue weighted by molar-refractivity contribution is 7.99. The number of benzene rings is 1. The van der Waals surface area contributed by atoms with Gasteiger partial charge in [-0.15, -0.1) is 24.4 Å². The van der Waals surface area contributed by atoms with Crippen molar-refractivity contribution in [2.24, 2.45) is 5.73 Å². The van der Waals surface area contributed by atoms with Gasteiger partial charge in [0.1, 0.15) is 5.75 Å². The van der Waals surface area contributed by atoms with Crippen LogP contribution in [0.1, 0.15) is 12.5 Å². The molecule has 0 radical (unpaired) electrons. The molecule has 0 aliphatic rings. The van der Waals surface area contributed by atoms with Gasteiger partial charge in [-0.25, -0.2) is 0 Å². The summed E-state index contributed by atoms with van der Waals surface area (Å²) in [5.74, 6) is 0.870. The van der Waals surface area contributed by atoms with Crippen molar-refractivity contribution >= 4 is 24.4 Å². The van der Waals surface area contributed by atoms with Crippen LogP contribution in [0, 0.1) is 0 Å². The second-order valence-corrected chi connectivity index (χ2v) is 4.85. The van der Waals surface area contributed by atoms with Gasteiger partial charge in [-0.05, 0) is 37.3 Å². The van der Waals surface area contributed by atoms with E-state index in [-0.39, 0.29) is 6.04 Å². The van der Waals surface area contributed by atoms with E-state index in [9.17, 15) is 0 Å². The molecule has 2 N–H and O–H groups in total. The van der Waals surface area contributed by atoms with Crippen LogP contribution in [0.25, 0.3) is 0 Å². The molecule has 0 aliphatic carbocycles. The first kappa shape index (κ1) is 12.7. The van der Waals surface area contributed by atoms with Crippen LogP contribution in [-0.2, 0) is 6.42 Å². The van der Waals surface area contributed by atoms with Crippen LogP contribution in [0.5, 0.6) is 5.75 Å². The molecule has 1 unspecified atom stereocenters. The summed E-state index contributed by atoms with van der Waals surface area (Å²) in [6, 6.07) is 4.20. The number of ether oxygens (including phenoxy) is 1. The maximum absolute atomic E-state index is 5.80. The minimum Gasteiger partial charge on any atom is -0.496 e. The summed E-state index contributed by atoms with van der Waals surface area (Å²) < 4.78 is 5.31. The smallest absolute Gasteiger partial charge is 0.123 e. The average molecular weight is 243 g/mol. The Kier molecular flexibility index (Phi) is 4.83. The highest BCUT2D eigenvalue weighted by Crippen LogP contribution is 2.31. The van der Waals surface area contributed by atoms with Gasteiger partial charge in [0.25, 0.3) is 0 Å². The molecule has 0 aromatic heterocycles. The maximum Gasteiger partial charge on any atom is 0.123 e. The molecule has 0 aliphatic heterocycles. The Morgan fingerprint density at radius 3 is 2.67 bits per heavy atom. The average Bonchev–Trinajstić information content (AvgIpc) is 2.19. The SMILES string of the molecule is COc1cc(S)c(SC)cc1CC(C)N. The van der Waals surface area contributed by atoms with E-state index in [1.807, 2.05) is 19.2 Å². The van der Waals surface area contributed by atoms with E-state index in [2.05, 4.69) is 18.7 Å². The second kappa shape index (κ2) is 5.68. The summed E-state index contributed by atoms with van der Waals surface area (Å²) >= 11 is 6.09. The van der Waals surface area contributed by atoms with Gasteiger partial charge in [0.2, 0.25) is 0 Å². The van der Waals surface area contributed by atoms with Crippen molar-refractivity contribution < 1.29 is 4.74 Å². The topological polar surface area (TPSA) is 35.2 Å². The van der Waals surface area contributed by atoms with Crippen LogP contribution < -0.4 is 10.5 Å². The Balaban J connectivity index is 3.10. The van der Waals surface area contributed by atoms with Gasteiger partial charge in [0.05, 0.1) is 7.11 Å². The second-order valence-electron chi connectivity index (χ2n) is 3.52. The molecular formula is C11H17NOS2. The third-order valence-electron chi connectivity index (χ3n) is 2.12. The van der Waals surface area contributed by atoms with Crippen LogP contribution in [-0.4, -0.2) is 19.4 Å². The van der Waals surface area contributed by atoms with Gasteiger partial charge in [0.15, 0.2) is 0 Å². The molecule has 4 heteroatoms. The monoisotopic (exact) mass is 243 g/mol. The zero-order valence-electron chi connectivity index (χ0n) is 9.28. The van der Waals surface area contributed by atoms with Crippen LogP contribution in [0.2, 0.25) is 0 Å². The lowest BCUT2D eigenvalue weighted by molar-refractivity contribution is 0.406. The molecule has 0 bridgehead atoms. The number of methoxy groups -OCH3 is 1. The lowest BCUT2D eigenvalue weighted by atomic mass is 10.1. The first-order chi connectivity index (χ1) is 7.08. The van der Waals surface area contributed by atoms with Crippen LogP contribution in [0.15, 0.2) is 21.9 Å². The third-order valence-corrected chi connectivity index (χ3v) is 3.42. The quantitative estimate of drug-likeness (QED) is 0.630. The summed E-state index contributed by atoms with van der Waals surface area (Å²) in [6.07, 6.45) is 2.86. The van der Waals surface area contributed by atoms with Crippen molar-refractivity contribution in [2.45, 2.75) is 29.2 Å². The standard InChI is InChI=1S/C11H17NOS2/c1-7(12)4-8-5-11(15-3)10(14)6-9(8)13-2/h5-7,14H,4,12H2,1-3H3. The zero-order valence-corrected chi connectivity index (χ0v) is 11.0. The molecule has 1 aromatic carbocycles. The third kappa shape index (κ3) is 3.33. The van der Waals surface area contributed by atoms with E-state index in [1.54, 1.807) is 18.9 Å². The number of rotatable bonds is 4. The lowest BCUT2D eigenvalue weighted by Crippen LogP contribution is -2.18. The maximum atomic E-state index is 5.80. The van der Waals surface area contributed by atoms with Crippen LogP contribution >= 0.6 is 24.4 Å². The number of nitrogens with two attached hydrogens (primary N) is 1. The molecule has 0 amide bonds. The largest absolute Gasteiger partial charge is 0.496 e. The van der Waals surface area contributed by atoms with E-state index in [0.717, 1.165) is 27.5 Å². The van der Waals surface area contributed by atoms with Crippen LogP contribution in [0.4, 0.5) is 0 Å². The predicted octanol–water partition coefficient (Wildman–Crippen LogP) is 2.60. The summed E-state index contributed by atoms with van der Waals surface area (Å²) in [5.41, 5.74) is 6.94. The molecular weight excluding hydrogens is 226 g/mol. The van der Waals surface area contributed by atoms with Gasteiger partial charge >= 0.3 is 0 Å². The Labute approximate surface area is 101 Å². The van der Waals surface area contributed by atoms with Crippen molar-refractivity contribution in [3.8, 4) is 5.75 Å². The van der Waals surface area contributed by atoms with Gasteiger partial charge < -0.3 is 10.5 Å². The molecule has 84 valence electrons. The number of thioether (sulfide) groups is 1. The van der Waals surface area contributed by atoms with Gasteiger partial charge in [-0.2, -0.15) is 0 Å². The fourth-order valence-corrected chi connectivity index (χ4v) is 2.44. The predicted molar refractivity (Wildman–Crippen MR) is 69.4 cm³/mol. The molecule has 0 spiro atoms. The zero-order chi connectivity index (χ0) is 11.4. The number of hydrogen-bond acceptors (Lipinski definition) is 4. The van der Waals surface area contributed by atoms with E-state index in [4.69, 9.17) is 10.5 Å². The normalized spacial score (nSPS) is 12.6. The molecule has 1 aromatic rings. The molecule has 1 rings (SSSR count). The molecule has 2 nitrogen and oxygen atoms in total. The van der Waals surface area contributed by atoms with E-state index >= 15 is 0 Å². The Bertz CT molecular complexity index is 340. The minimum atomic E-state index is 0.138. The molecule has 0 heterocycles. The molecule has 0 saturated carbocycles. The molecule has 0 fully saturated rings. The molecule has 1 atom stereocenters. The van der Waals surface area contributed by atoms with Crippen molar-refractivity contribution in [1.82, 2.24) is 0 Å². The van der Waals surface area contributed by atoms with E-state index < -0.39 is 0 Å². The van der Waals surface area contributed by atoms with Crippen molar-refractivity contribution in [3.05, 3.63) is 17.7 Å². The van der Waals surface area contributed by atoms with Gasteiger partial charge in [-0.3, -0.25) is 0 Å². The fraction of sp³-hybridized carbons (Fsp3) is 0.455. The molecule has 0 saturated heterocycles. The van der Waals surface area contributed by atoms with Gasteiger partial charge in [0, 0.05) is 15.8 Å². The lowest BCUT2D eigenvalue weighted by Gasteiger charge is -2.13.